The maximum Gasteiger partial charge on any atom is 0.318 e. The Hall–Kier alpha value is -1.75. The van der Waals surface area contributed by atoms with Gasteiger partial charge in [0.2, 0.25) is 5.96 Å². The number of amides is 2. The molecule has 16 heavy (non-hydrogen) atoms. The molecule has 0 radical (unpaired) electrons. The van der Waals surface area contributed by atoms with Gasteiger partial charge in [-0.1, -0.05) is 11.6 Å². The van der Waals surface area contributed by atoms with E-state index in [-0.39, 0.29) is 5.96 Å². The summed E-state index contributed by atoms with van der Waals surface area (Å²) in [6, 6.07) is 4.51. The van der Waals surface area contributed by atoms with E-state index in [1.165, 1.54) is 4.90 Å². The molecule has 0 saturated heterocycles. The van der Waals surface area contributed by atoms with Crippen LogP contribution < -0.4 is 16.0 Å². The summed E-state index contributed by atoms with van der Waals surface area (Å²) in [4.78, 5) is 12.1. The zero-order valence-electron chi connectivity index (χ0n) is 9.04. The molecule has 5 nitrogen and oxygen atoms in total. The summed E-state index contributed by atoms with van der Waals surface area (Å²) in [5, 5.41) is 10.4. The smallest absolute Gasteiger partial charge is 0.318 e. The average Bonchev–Trinajstić information content (AvgIpc) is 2.15. The largest absolute Gasteiger partial charge is 0.351 e. The minimum atomic E-state index is -0.761. The molecule has 0 aliphatic rings. The Balaban J connectivity index is 2.91. The number of anilines is 1. The summed E-state index contributed by atoms with van der Waals surface area (Å²) in [5.41, 5.74) is 6.62. The summed E-state index contributed by atoms with van der Waals surface area (Å²) in [6.45, 7) is 1.87. The molecular formula is C10H13ClN4O. The van der Waals surface area contributed by atoms with Gasteiger partial charge in [-0.2, -0.15) is 0 Å². The fraction of sp³-hybridized carbons (Fsp3) is 0.200. The molecule has 4 N–H and O–H groups in total. The lowest BCUT2D eigenvalue weighted by atomic mass is 10.2. The second kappa shape index (κ2) is 4.85. The number of hydrogen-bond donors (Lipinski definition) is 3. The summed E-state index contributed by atoms with van der Waals surface area (Å²) in [5.74, 6) is -0.0853. The lowest BCUT2D eigenvalue weighted by molar-refractivity contribution is 0.253. The molecule has 1 rings (SSSR count). The van der Waals surface area contributed by atoms with E-state index in [1.807, 2.05) is 6.92 Å². The Morgan fingerprint density at radius 3 is 2.69 bits per heavy atom. The topological polar surface area (TPSA) is 82.2 Å². The van der Waals surface area contributed by atoms with Crippen molar-refractivity contribution in [3.05, 3.63) is 28.8 Å². The Labute approximate surface area is 98.7 Å². The number of urea groups is 1. The SMILES string of the molecule is Cc1cc(Cl)ccc1N(C)C(=N)NC(N)=O. The van der Waals surface area contributed by atoms with Crippen LogP contribution in [0.1, 0.15) is 5.56 Å². The number of carbonyl (C=O) groups excluding carboxylic acids is 1. The van der Waals surface area contributed by atoms with Gasteiger partial charge in [0.15, 0.2) is 0 Å². The standard InChI is InChI=1S/C10H13ClN4O/c1-6-5-7(11)3-4-8(6)15(2)9(12)14-10(13)16/h3-5H,1-2H3,(H4,12,13,14,16). The number of hydrogen-bond acceptors (Lipinski definition) is 2. The van der Waals surface area contributed by atoms with Crippen molar-refractivity contribution in [3.63, 3.8) is 0 Å². The number of nitrogens with zero attached hydrogens (tertiary/aromatic N) is 1. The third-order valence-corrected chi connectivity index (χ3v) is 2.33. The fourth-order valence-electron chi connectivity index (χ4n) is 1.32. The van der Waals surface area contributed by atoms with Gasteiger partial charge in [-0.3, -0.25) is 10.7 Å². The van der Waals surface area contributed by atoms with Crippen LogP contribution in [0.2, 0.25) is 5.02 Å². The highest BCUT2D eigenvalue weighted by molar-refractivity contribution is 6.30. The molecule has 86 valence electrons. The summed E-state index contributed by atoms with van der Waals surface area (Å²) >= 11 is 5.82. The van der Waals surface area contributed by atoms with E-state index in [0.29, 0.717) is 5.02 Å². The molecule has 0 aliphatic heterocycles. The van der Waals surface area contributed by atoms with Crippen molar-refractivity contribution in [1.29, 1.82) is 5.41 Å². The molecular weight excluding hydrogens is 228 g/mol. The lowest BCUT2D eigenvalue weighted by Crippen LogP contribution is -2.44. The van der Waals surface area contributed by atoms with E-state index >= 15 is 0 Å². The highest BCUT2D eigenvalue weighted by Gasteiger charge is 2.10. The molecule has 0 aliphatic carbocycles. The highest BCUT2D eigenvalue weighted by atomic mass is 35.5. The van der Waals surface area contributed by atoms with Gasteiger partial charge in [0.25, 0.3) is 0 Å². The number of primary amides is 1. The minimum absolute atomic E-state index is 0.0853. The Kier molecular flexibility index (Phi) is 3.73. The zero-order valence-corrected chi connectivity index (χ0v) is 9.80. The van der Waals surface area contributed by atoms with E-state index in [1.54, 1.807) is 25.2 Å². The molecule has 2 amide bonds. The maximum atomic E-state index is 10.6. The first-order chi connectivity index (χ1) is 7.41. The maximum absolute atomic E-state index is 10.6. The molecule has 0 bridgehead atoms. The lowest BCUT2D eigenvalue weighted by Gasteiger charge is -2.21. The summed E-state index contributed by atoms with van der Waals surface area (Å²) < 4.78 is 0. The number of nitrogens with two attached hydrogens (primary N) is 1. The van der Waals surface area contributed by atoms with Crippen LogP contribution in [0.4, 0.5) is 10.5 Å². The van der Waals surface area contributed by atoms with Gasteiger partial charge >= 0.3 is 6.03 Å². The Bertz CT molecular complexity index is 433. The number of rotatable bonds is 1. The first-order valence-electron chi connectivity index (χ1n) is 4.56. The number of benzene rings is 1. The molecule has 1 aromatic carbocycles. The predicted molar refractivity (Wildman–Crippen MR) is 65.0 cm³/mol. The van der Waals surface area contributed by atoms with E-state index in [9.17, 15) is 4.79 Å². The van der Waals surface area contributed by atoms with Crippen LogP contribution in [0.15, 0.2) is 18.2 Å². The number of carbonyl (C=O) groups is 1. The zero-order chi connectivity index (χ0) is 12.3. The van der Waals surface area contributed by atoms with Crippen LogP contribution in [0.3, 0.4) is 0 Å². The monoisotopic (exact) mass is 240 g/mol. The van der Waals surface area contributed by atoms with Crippen molar-refractivity contribution in [2.45, 2.75) is 6.92 Å². The van der Waals surface area contributed by atoms with Crippen molar-refractivity contribution in [3.8, 4) is 0 Å². The van der Waals surface area contributed by atoms with Gasteiger partial charge in [-0.25, -0.2) is 4.79 Å². The van der Waals surface area contributed by atoms with Gasteiger partial charge in [0.05, 0.1) is 0 Å². The van der Waals surface area contributed by atoms with Gasteiger partial charge < -0.3 is 10.6 Å². The van der Waals surface area contributed by atoms with E-state index in [2.05, 4.69) is 5.32 Å². The van der Waals surface area contributed by atoms with Crippen LogP contribution in [0, 0.1) is 12.3 Å². The Morgan fingerprint density at radius 2 is 2.19 bits per heavy atom. The van der Waals surface area contributed by atoms with Crippen molar-refractivity contribution < 1.29 is 4.79 Å². The average molecular weight is 241 g/mol. The number of guanidine groups is 1. The predicted octanol–water partition coefficient (Wildman–Crippen LogP) is 1.69. The molecule has 0 heterocycles. The molecule has 0 saturated carbocycles. The van der Waals surface area contributed by atoms with Crippen molar-refractivity contribution in [2.75, 3.05) is 11.9 Å². The van der Waals surface area contributed by atoms with Crippen LogP contribution >= 0.6 is 11.6 Å². The van der Waals surface area contributed by atoms with Gasteiger partial charge in [0, 0.05) is 17.8 Å². The molecule has 0 fully saturated rings. The molecule has 6 heteroatoms. The van der Waals surface area contributed by atoms with Crippen LogP contribution in [-0.4, -0.2) is 19.0 Å². The van der Waals surface area contributed by atoms with Crippen molar-refractivity contribution in [1.82, 2.24) is 5.32 Å². The van der Waals surface area contributed by atoms with E-state index in [0.717, 1.165) is 11.3 Å². The quantitative estimate of drug-likeness (QED) is 0.516. The fourth-order valence-corrected chi connectivity index (χ4v) is 1.54. The van der Waals surface area contributed by atoms with Crippen molar-refractivity contribution in [2.24, 2.45) is 5.73 Å². The summed E-state index contributed by atoms with van der Waals surface area (Å²) in [7, 11) is 1.66. The Morgan fingerprint density at radius 1 is 1.56 bits per heavy atom. The van der Waals surface area contributed by atoms with Crippen LogP contribution in [-0.2, 0) is 0 Å². The van der Waals surface area contributed by atoms with E-state index in [4.69, 9.17) is 22.7 Å². The highest BCUT2D eigenvalue weighted by Crippen LogP contribution is 2.22. The molecule has 0 unspecified atom stereocenters. The second-order valence-electron chi connectivity index (χ2n) is 3.33. The molecule has 1 aromatic rings. The van der Waals surface area contributed by atoms with E-state index < -0.39 is 6.03 Å². The van der Waals surface area contributed by atoms with Crippen LogP contribution in [0.5, 0.6) is 0 Å². The van der Waals surface area contributed by atoms with Gasteiger partial charge in [-0.05, 0) is 30.7 Å². The van der Waals surface area contributed by atoms with Crippen molar-refractivity contribution >= 4 is 29.3 Å². The number of halogens is 1. The first kappa shape index (κ1) is 12.3. The minimum Gasteiger partial charge on any atom is -0.351 e. The number of nitrogens with one attached hydrogen (secondary N) is 2. The third-order valence-electron chi connectivity index (χ3n) is 2.10. The molecule has 0 atom stereocenters. The molecule has 0 aromatic heterocycles. The second-order valence-corrected chi connectivity index (χ2v) is 3.76. The number of aryl methyl sites for hydroxylation is 1. The van der Waals surface area contributed by atoms with Gasteiger partial charge in [-0.15, -0.1) is 0 Å². The summed E-state index contributed by atoms with van der Waals surface area (Å²) in [6.07, 6.45) is 0. The van der Waals surface area contributed by atoms with Crippen LogP contribution in [0.25, 0.3) is 0 Å². The van der Waals surface area contributed by atoms with Gasteiger partial charge in [0.1, 0.15) is 0 Å². The third kappa shape index (κ3) is 2.87. The first-order valence-corrected chi connectivity index (χ1v) is 4.94. The normalized spacial score (nSPS) is 9.69. The molecule has 0 spiro atoms.